The van der Waals surface area contributed by atoms with Crippen LogP contribution < -0.4 is 5.32 Å². The van der Waals surface area contributed by atoms with Crippen LogP contribution in [0.5, 0.6) is 0 Å². The number of aromatic nitrogens is 3. The van der Waals surface area contributed by atoms with E-state index in [4.69, 9.17) is 4.74 Å². The lowest BCUT2D eigenvalue weighted by molar-refractivity contribution is 0.210. The van der Waals surface area contributed by atoms with Gasteiger partial charge in [-0.25, -0.2) is 9.50 Å². The van der Waals surface area contributed by atoms with Gasteiger partial charge in [-0.15, -0.1) is 5.10 Å². The van der Waals surface area contributed by atoms with Gasteiger partial charge in [0.15, 0.2) is 0 Å². The molecule has 0 saturated carbocycles. The lowest BCUT2D eigenvalue weighted by Crippen LogP contribution is -2.07. The van der Waals surface area contributed by atoms with Gasteiger partial charge in [-0.3, -0.25) is 0 Å². The van der Waals surface area contributed by atoms with E-state index in [1.807, 2.05) is 28.9 Å². The molecule has 6 heteroatoms. The van der Waals surface area contributed by atoms with Crippen molar-refractivity contribution in [2.45, 2.75) is 0 Å². The molecule has 2 heterocycles. The van der Waals surface area contributed by atoms with Crippen LogP contribution in [0.4, 0.5) is 5.13 Å². The number of rotatable bonds is 5. The van der Waals surface area contributed by atoms with Crippen LogP contribution in [-0.4, -0.2) is 34.9 Å². The van der Waals surface area contributed by atoms with Gasteiger partial charge in [0.05, 0.1) is 18.5 Å². The van der Waals surface area contributed by atoms with Gasteiger partial charge in [0.25, 0.3) is 0 Å². The van der Waals surface area contributed by atoms with Crippen LogP contribution in [0.15, 0.2) is 36.5 Å². The van der Waals surface area contributed by atoms with Gasteiger partial charge in [0, 0.05) is 19.2 Å². The minimum atomic E-state index is 0.660. The summed E-state index contributed by atoms with van der Waals surface area (Å²) in [5, 5.41) is 8.61. The molecule has 1 N–H and O–H groups in total. The molecular formula is C13H14N4OS. The van der Waals surface area contributed by atoms with Crippen molar-refractivity contribution in [3.8, 4) is 11.3 Å². The van der Waals surface area contributed by atoms with Gasteiger partial charge in [-0.1, -0.05) is 41.7 Å². The van der Waals surface area contributed by atoms with Gasteiger partial charge < -0.3 is 10.1 Å². The first kappa shape index (κ1) is 12.1. The van der Waals surface area contributed by atoms with Gasteiger partial charge >= 0.3 is 0 Å². The first-order valence-corrected chi connectivity index (χ1v) is 6.83. The average molecular weight is 274 g/mol. The molecule has 0 fully saturated rings. The number of fused-ring (bicyclic) bond motifs is 1. The van der Waals surface area contributed by atoms with Crippen LogP contribution in [0.1, 0.15) is 0 Å². The molecule has 0 saturated heterocycles. The molecule has 0 aliphatic carbocycles. The quantitative estimate of drug-likeness (QED) is 0.726. The maximum Gasteiger partial charge on any atom is 0.214 e. The number of nitrogens with one attached hydrogen (secondary N) is 1. The van der Waals surface area contributed by atoms with E-state index in [0.717, 1.165) is 27.9 Å². The van der Waals surface area contributed by atoms with Crippen molar-refractivity contribution in [3.63, 3.8) is 0 Å². The van der Waals surface area contributed by atoms with Crippen LogP contribution in [0.2, 0.25) is 0 Å². The number of imidazole rings is 1. The van der Waals surface area contributed by atoms with E-state index >= 15 is 0 Å². The third-order valence-electron chi connectivity index (χ3n) is 2.74. The lowest BCUT2D eigenvalue weighted by atomic mass is 10.2. The Balaban J connectivity index is 1.90. The molecule has 1 aromatic carbocycles. The molecule has 0 bridgehead atoms. The zero-order valence-electron chi connectivity index (χ0n) is 10.5. The molecule has 98 valence electrons. The minimum Gasteiger partial charge on any atom is -0.383 e. The average Bonchev–Trinajstić information content (AvgIpc) is 3.00. The van der Waals surface area contributed by atoms with Crippen molar-refractivity contribution >= 4 is 21.4 Å². The lowest BCUT2D eigenvalue weighted by Gasteiger charge is -2.00. The molecule has 0 aliphatic rings. The molecule has 3 rings (SSSR count). The molecule has 0 radical (unpaired) electrons. The smallest absolute Gasteiger partial charge is 0.214 e. The zero-order valence-corrected chi connectivity index (χ0v) is 11.4. The largest absolute Gasteiger partial charge is 0.383 e. The van der Waals surface area contributed by atoms with Gasteiger partial charge in [0.2, 0.25) is 10.1 Å². The summed E-state index contributed by atoms with van der Waals surface area (Å²) >= 11 is 1.54. The maximum atomic E-state index is 5.00. The summed E-state index contributed by atoms with van der Waals surface area (Å²) in [6.07, 6.45) is 1.85. The summed E-state index contributed by atoms with van der Waals surface area (Å²) < 4.78 is 6.87. The van der Waals surface area contributed by atoms with E-state index in [0.29, 0.717) is 6.61 Å². The Morgan fingerprint density at radius 1 is 1.32 bits per heavy atom. The van der Waals surface area contributed by atoms with Crippen molar-refractivity contribution in [2.24, 2.45) is 0 Å². The predicted octanol–water partition coefficient (Wildman–Crippen LogP) is 2.52. The van der Waals surface area contributed by atoms with Crippen molar-refractivity contribution < 1.29 is 4.74 Å². The third-order valence-corrected chi connectivity index (χ3v) is 3.62. The summed E-state index contributed by atoms with van der Waals surface area (Å²) in [5.74, 6) is 0. The number of nitrogens with zero attached hydrogens (tertiary/aromatic N) is 3. The molecule has 0 aliphatic heterocycles. The number of hydrogen-bond acceptors (Lipinski definition) is 5. The zero-order chi connectivity index (χ0) is 13.1. The second-order valence-corrected chi connectivity index (χ2v) is 4.99. The Bertz CT molecular complexity index is 662. The van der Waals surface area contributed by atoms with Crippen molar-refractivity contribution in [2.75, 3.05) is 25.6 Å². The first-order chi connectivity index (χ1) is 9.38. The van der Waals surface area contributed by atoms with E-state index in [1.165, 1.54) is 11.3 Å². The molecule has 0 amide bonds. The Morgan fingerprint density at radius 2 is 2.16 bits per heavy atom. The number of methoxy groups -OCH3 is 1. The summed E-state index contributed by atoms with van der Waals surface area (Å²) in [7, 11) is 1.68. The van der Waals surface area contributed by atoms with Crippen LogP contribution in [-0.2, 0) is 4.74 Å². The Morgan fingerprint density at radius 3 is 2.95 bits per heavy atom. The fraction of sp³-hybridized carbons (Fsp3) is 0.231. The molecule has 0 unspecified atom stereocenters. The number of hydrogen-bond donors (Lipinski definition) is 1. The normalized spacial score (nSPS) is 11.0. The summed E-state index contributed by atoms with van der Waals surface area (Å²) in [6, 6.07) is 10.1. The first-order valence-electron chi connectivity index (χ1n) is 6.01. The van der Waals surface area contributed by atoms with Crippen LogP contribution in [0, 0.1) is 0 Å². The van der Waals surface area contributed by atoms with Crippen molar-refractivity contribution in [1.29, 1.82) is 0 Å². The standard InChI is InChI=1S/C13H14N4OS/c1-18-8-7-14-12-16-17-11(9-15-13(17)19-12)10-5-3-2-4-6-10/h2-6,9H,7-8H2,1H3,(H,14,16). The van der Waals surface area contributed by atoms with E-state index < -0.39 is 0 Å². The molecule has 0 spiro atoms. The van der Waals surface area contributed by atoms with E-state index in [9.17, 15) is 0 Å². The summed E-state index contributed by atoms with van der Waals surface area (Å²) in [6.45, 7) is 1.40. The van der Waals surface area contributed by atoms with E-state index in [-0.39, 0.29) is 0 Å². The molecule has 0 atom stereocenters. The Labute approximate surface area is 114 Å². The Hall–Kier alpha value is -1.92. The third kappa shape index (κ3) is 2.45. The van der Waals surface area contributed by atoms with Gasteiger partial charge in [0.1, 0.15) is 0 Å². The second kappa shape index (κ2) is 5.38. The highest BCUT2D eigenvalue weighted by atomic mass is 32.1. The molecule has 19 heavy (non-hydrogen) atoms. The molecule has 3 aromatic rings. The molecular weight excluding hydrogens is 260 g/mol. The van der Waals surface area contributed by atoms with Gasteiger partial charge in [-0.2, -0.15) is 0 Å². The number of ether oxygens (including phenoxy) is 1. The highest BCUT2D eigenvalue weighted by Gasteiger charge is 2.10. The van der Waals surface area contributed by atoms with Gasteiger partial charge in [-0.05, 0) is 0 Å². The second-order valence-electron chi connectivity index (χ2n) is 4.03. The topological polar surface area (TPSA) is 51.5 Å². The fourth-order valence-electron chi connectivity index (χ4n) is 1.83. The van der Waals surface area contributed by atoms with Crippen LogP contribution in [0.3, 0.4) is 0 Å². The molecule has 5 nitrogen and oxygen atoms in total. The maximum absolute atomic E-state index is 5.00. The Kier molecular flexibility index (Phi) is 3.43. The number of anilines is 1. The number of benzene rings is 1. The van der Waals surface area contributed by atoms with Crippen LogP contribution >= 0.6 is 11.3 Å². The fourth-order valence-corrected chi connectivity index (χ4v) is 2.63. The van der Waals surface area contributed by atoms with Crippen molar-refractivity contribution in [1.82, 2.24) is 14.6 Å². The summed E-state index contributed by atoms with van der Waals surface area (Å²) in [4.78, 5) is 5.28. The van der Waals surface area contributed by atoms with E-state index in [2.05, 4.69) is 27.5 Å². The van der Waals surface area contributed by atoms with Crippen LogP contribution in [0.25, 0.3) is 16.2 Å². The monoisotopic (exact) mass is 274 g/mol. The van der Waals surface area contributed by atoms with Crippen molar-refractivity contribution in [3.05, 3.63) is 36.5 Å². The molecule has 2 aromatic heterocycles. The minimum absolute atomic E-state index is 0.660. The highest BCUT2D eigenvalue weighted by Crippen LogP contribution is 2.25. The highest BCUT2D eigenvalue weighted by molar-refractivity contribution is 7.20. The predicted molar refractivity (Wildman–Crippen MR) is 76.7 cm³/mol. The SMILES string of the molecule is COCCNc1nn2c(-c3ccccc3)cnc2s1. The summed E-state index contributed by atoms with van der Waals surface area (Å²) in [5.41, 5.74) is 2.12. The van der Waals surface area contributed by atoms with E-state index in [1.54, 1.807) is 7.11 Å².